The molecule has 0 saturated heterocycles. The fraction of sp³-hybridized carbons (Fsp3) is 0.923. The first-order chi connectivity index (χ1) is 9.60. The molecule has 7 nitrogen and oxygen atoms in total. The van der Waals surface area contributed by atoms with Gasteiger partial charge in [0.05, 0.1) is 11.9 Å². The Labute approximate surface area is 127 Å². The van der Waals surface area contributed by atoms with Crippen molar-refractivity contribution in [3.63, 3.8) is 0 Å². The minimum Gasteiger partial charge on any atom is -0.378 e. The Morgan fingerprint density at radius 3 is 2.48 bits per heavy atom. The summed E-state index contributed by atoms with van der Waals surface area (Å²) < 4.78 is 30.9. The second-order valence-corrected chi connectivity index (χ2v) is 7.84. The molecular weight excluding hydrogens is 294 g/mol. The molecule has 1 saturated carbocycles. The predicted octanol–water partition coefficient (Wildman–Crippen LogP) is -0.426. The topological polar surface area (TPSA) is 111 Å². The van der Waals surface area contributed by atoms with Crippen LogP contribution in [0, 0.1) is 5.41 Å². The summed E-state index contributed by atoms with van der Waals surface area (Å²) in [6.07, 6.45) is 0.392. The summed E-state index contributed by atoms with van der Waals surface area (Å²) in [6, 6.07) is 0. The third-order valence-corrected chi connectivity index (χ3v) is 5.73. The van der Waals surface area contributed by atoms with E-state index in [1.807, 2.05) is 20.8 Å². The van der Waals surface area contributed by atoms with E-state index in [2.05, 4.69) is 10.0 Å². The van der Waals surface area contributed by atoms with Gasteiger partial charge in [-0.2, -0.15) is 0 Å². The number of carbonyl (C=O) groups excluding carboxylic acids is 1. The summed E-state index contributed by atoms with van der Waals surface area (Å²) in [4.78, 5) is 12.2. The van der Waals surface area contributed by atoms with Crippen molar-refractivity contribution in [2.75, 3.05) is 25.4 Å². The molecule has 1 fully saturated rings. The van der Waals surface area contributed by atoms with E-state index in [1.54, 1.807) is 6.92 Å². The second-order valence-electron chi connectivity index (χ2n) is 5.91. The van der Waals surface area contributed by atoms with Gasteiger partial charge in [0.15, 0.2) is 0 Å². The van der Waals surface area contributed by atoms with Gasteiger partial charge in [0.2, 0.25) is 15.9 Å². The molecule has 0 aliphatic heterocycles. The van der Waals surface area contributed by atoms with E-state index >= 15 is 0 Å². The van der Waals surface area contributed by atoms with Crippen LogP contribution >= 0.6 is 0 Å². The van der Waals surface area contributed by atoms with Crippen LogP contribution in [0.2, 0.25) is 0 Å². The molecule has 4 N–H and O–H groups in total. The molecule has 1 amide bonds. The largest absolute Gasteiger partial charge is 0.378 e. The molecule has 1 aliphatic carbocycles. The van der Waals surface area contributed by atoms with Crippen molar-refractivity contribution in [1.29, 1.82) is 0 Å². The average molecular weight is 321 g/mol. The molecule has 124 valence electrons. The molecule has 1 rings (SSSR count). The van der Waals surface area contributed by atoms with Crippen molar-refractivity contribution < 1.29 is 17.9 Å². The first-order valence-corrected chi connectivity index (χ1v) is 8.92. The minimum atomic E-state index is -3.34. The van der Waals surface area contributed by atoms with Crippen LogP contribution in [-0.2, 0) is 19.6 Å². The molecule has 0 bridgehead atoms. The molecule has 1 aliphatic rings. The molecule has 0 spiro atoms. The number of carbonyl (C=O) groups is 1. The molecular formula is C13H27N3O4S. The third-order valence-electron chi connectivity index (χ3n) is 4.26. The number of ether oxygens (including phenoxy) is 1. The maximum Gasteiger partial charge on any atom is 0.240 e. The molecule has 0 aromatic rings. The van der Waals surface area contributed by atoms with Crippen LogP contribution in [0.1, 0.15) is 34.1 Å². The van der Waals surface area contributed by atoms with Crippen LogP contribution in [0.25, 0.3) is 0 Å². The molecule has 0 aromatic carbocycles. The number of rotatable bonds is 8. The number of nitrogens with two attached hydrogens (primary N) is 1. The van der Waals surface area contributed by atoms with Gasteiger partial charge < -0.3 is 15.8 Å². The van der Waals surface area contributed by atoms with Crippen LogP contribution < -0.4 is 15.8 Å². The SMILES string of the molecule is CCNS(=O)(=O)CCNC(=O)C1(N)CC(OCC)C1(C)C. The van der Waals surface area contributed by atoms with E-state index in [1.165, 1.54) is 0 Å². The van der Waals surface area contributed by atoms with Gasteiger partial charge in [0.25, 0.3) is 0 Å². The quantitative estimate of drug-likeness (QED) is 0.562. The van der Waals surface area contributed by atoms with E-state index in [0.717, 1.165) is 0 Å². The summed E-state index contributed by atoms with van der Waals surface area (Å²) in [7, 11) is -3.34. The zero-order chi connectivity index (χ0) is 16.3. The predicted molar refractivity (Wildman–Crippen MR) is 81.2 cm³/mol. The Bertz CT molecular complexity index is 478. The first kappa shape index (κ1) is 18.3. The van der Waals surface area contributed by atoms with Crippen molar-refractivity contribution in [3.8, 4) is 0 Å². The van der Waals surface area contributed by atoms with Crippen molar-refractivity contribution in [3.05, 3.63) is 0 Å². The van der Waals surface area contributed by atoms with Crippen LogP contribution in [0.3, 0.4) is 0 Å². The number of sulfonamides is 1. The van der Waals surface area contributed by atoms with Crippen LogP contribution in [0.15, 0.2) is 0 Å². The highest BCUT2D eigenvalue weighted by Gasteiger charge is 2.62. The zero-order valence-corrected chi connectivity index (χ0v) is 14.0. The van der Waals surface area contributed by atoms with E-state index in [-0.39, 0.29) is 24.3 Å². The lowest BCUT2D eigenvalue weighted by atomic mass is 9.54. The van der Waals surface area contributed by atoms with E-state index in [9.17, 15) is 13.2 Å². The zero-order valence-electron chi connectivity index (χ0n) is 13.2. The first-order valence-electron chi connectivity index (χ1n) is 7.27. The fourth-order valence-electron chi connectivity index (χ4n) is 2.57. The van der Waals surface area contributed by atoms with Crippen LogP contribution in [0.5, 0.6) is 0 Å². The lowest BCUT2D eigenvalue weighted by Gasteiger charge is -2.57. The highest BCUT2D eigenvalue weighted by molar-refractivity contribution is 7.89. The van der Waals surface area contributed by atoms with Gasteiger partial charge in [0, 0.05) is 31.5 Å². The third kappa shape index (κ3) is 3.74. The van der Waals surface area contributed by atoms with Crippen LogP contribution in [0.4, 0.5) is 0 Å². The molecule has 2 unspecified atom stereocenters. The van der Waals surface area contributed by atoms with Gasteiger partial charge in [-0.3, -0.25) is 4.79 Å². The Balaban J connectivity index is 2.53. The van der Waals surface area contributed by atoms with Gasteiger partial charge in [-0.25, -0.2) is 13.1 Å². The highest BCUT2D eigenvalue weighted by Crippen LogP contribution is 2.49. The highest BCUT2D eigenvalue weighted by atomic mass is 32.2. The summed E-state index contributed by atoms with van der Waals surface area (Å²) >= 11 is 0. The van der Waals surface area contributed by atoms with Gasteiger partial charge in [-0.1, -0.05) is 20.8 Å². The summed E-state index contributed by atoms with van der Waals surface area (Å²) in [5.41, 5.74) is 4.70. The normalized spacial score (nSPS) is 28.0. The molecule has 0 radical (unpaired) electrons. The second kappa shape index (κ2) is 6.60. The molecule has 21 heavy (non-hydrogen) atoms. The molecule has 2 atom stereocenters. The van der Waals surface area contributed by atoms with Gasteiger partial charge in [0.1, 0.15) is 5.54 Å². The Kier molecular flexibility index (Phi) is 5.76. The Hall–Kier alpha value is -0.700. The lowest BCUT2D eigenvalue weighted by Crippen LogP contribution is -2.75. The maximum absolute atomic E-state index is 12.2. The Morgan fingerprint density at radius 2 is 2.00 bits per heavy atom. The Morgan fingerprint density at radius 1 is 1.38 bits per heavy atom. The molecule has 0 heterocycles. The monoisotopic (exact) mass is 321 g/mol. The summed E-state index contributed by atoms with van der Waals surface area (Å²) in [5.74, 6) is -0.479. The van der Waals surface area contributed by atoms with Crippen molar-refractivity contribution in [1.82, 2.24) is 10.0 Å². The fourth-order valence-corrected chi connectivity index (χ4v) is 3.52. The standard InChI is InChI=1S/C13H27N3O4S/c1-5-16-21(18,19)8-7-15-11(17)13(14)9-10(20-6-2)12(13,3)4/h10,16H,5-9,14H2,1-4H3,(H,15,17). The number of amides is 1. The van der Waals surface area contributed by atoms with Gasteiger partial charge in [-0.05, 0) is 6.92 Å². The van der Waals surface area contributed by atoms with E-state index in [0.29, 0.717) is 19.6 Å². The summed E-state index contributed by atoms with van der Waals surface area (Å²) in [6.45, 7) is 8.35. The number of hydrogen-bond donors (Lipinski definition) is 3. The van der Waals surface area contributed by atoms with Crippen molar-refractivity contribution in [2.45, 2.75) is 45.8 Å². The number of nitrogens with one attached hydrogen (secondary N) is 2. The van der Waals surface area contributed by atoms with E-state index < -0.39 is 21.0 Å². The van der Waals surface area contributed by atoms with E-state index in [4.69, 9.17) is 10.5 Å². The van der Waals surface area contributed by atoms with Crippen molar-refractivity contribution >= 4 is 15.9 Å². The average Bonchev–Trinajstić information content (AvgIpc) is 2.37. The van der Waals surface area contributed by atoms with Crippen molar-refractivity contribution in [2.24, 2.45) is 11.1 Å². The minimum absolute atomic E-state index is 0.0441. The van der Waals surface area contributed by atoms with Gasteiger partial charge >= 0.3 is 0 Å². The number of hydrogen-bond acceptors (Lipinski definition) is 5. The summed E-state index contributed by atoms with van der Waals surface area (Å²) in [5, 5.41) is 2.62. The maximum atomic E-state index is 12.2. The lowest BCUT2D eigenvalue weighted by molar-refractivity contribution is -0.170. The van der Waals surface area contributed by atoms with Crippen LogP contribution in [-0.4, -0.2) is 51.4 Å². The smallest absolute Gasteiger partial charge is 0.240 e. The van der Waals surface area contributed by atoms with Gasteiger partial charge in [-0.15, -0.1) is 0 Å². The molecule has 8 heteroatoms. The molecule has 0 aromatic heterocycles.